The fraction of sp³-hybridized carbons (Fsp3) is 0.520. The monoisotopic (exact) mass is 446 g/mol. The highest BCUT2D eigenvalue weighted by molar-refractivity contribution is 6.99. The van der Waals surface area contributed by atoms with Crippen molar-refractivity contribution in [2.45, 2.75) is 38.8 Å². The highest BCUT2D eigenvalue weighted by atomic mass is 28.4. The fourth-order valence-corrected chi connectivity index (χ4v) is 8.40. The highest BCUT2D eigenvalue weighted by Crippen LogP contribution is 2.37. The predicted octanol–water partition coefficient (Wildman–Crippen LogP) is 3.20. The van der Waals surface area contributed by atoms with Gasteiger partial charge < -0.3 is 23.7 Å². The van der Waals surface area contributed by atoms with Gasteiger partial charge in [0.1, 0.15) is 6.79 Å². The molecule has 0 heterocycles. The Morgan fingerprint density at radius 1 is 0.839 bits per heavy atom. The molecule has 31 heavy (non-hydrogen) atoms. The zero-order valence-electron chi connectivity index (χ0n) is 19.5. The first-order valence-corrected chi connectivity index (χ1v) is 12.8. The molecular weight excluding hydrogens is 408 g/mol. The van der Waals surface area contributed by atoms with E-state index in [2.05, 4.69) is 69.3 Å². The van der Waals surface area contributed by atoms with Crippen LogP contribution in [0.15, 0.2) is 60.7 Å². The van der Waals surface area contributed by atoms with E-state index in [4.69, 9.17) is 18.6 Å². The molecule has 172 valence electrons. The first-order valence-electron chi connectivity index (χ1n) is 10.9. The standard InChI is InChI=1S/C25H38O5Si/c1-21(26)22(18-29-20-28-17-16-27-5)19-30-31(25(2,3)4,23-12-8-6-9-13-23)24-14-10-7-11-15-24/h6-15,21-22,26H,16-20H2,1-5H3/t21-,22-/m0/s1. The Hall–Kier alpha value is -1.54. The number of benzene rings is 2. The van der Waals surface area contributed by atoms with Crippen LogP contribution in [0, 0.1) is 5.92 Å². The second kappa shape index (κ2) is 12.5. The van der Waals surface area contributed by atoms with Crippen molar-refractivity contribution in [3.05, 3.63) is 60.7 Å². The smallest absolute Gasteiger partial charge is 0.261 e. The topological polar surface area (TPSA) is 57.2 Å². The molecule has 2 aromatic carbocycles. The molecule has 2 atom stereocenters. The largest absolute Gasteiger partial charge is 0.407 e. The summed E-state index contributed by atoms with van der Waals surface area (Å²) in [7, 11) is -1.00. The van der Waals surface area contributed by atoms with Gasteiger partial charge in [0, 0.05) is 19.6 Å². The average molecular weight is 447 g/mol. The zero-order chi connectivity index (χ0) is 22.7. The number of ether oxygens (including phenoxy) is 3. The van der Waals surface area contributed by atoms with E-state index in [9.17, 15) is 5.11 Å². The summed E-state index contributed by atoms with van der Waals surface area (Å²) in [5.74, 6) is -0.160. The minimum absolute atomic E-state index is 0.108. The van der Waals surface area contributed by atoms with Crippen molar-refractivity contribution in [3.63, 3.8) is 0 Å². The van der Waals surface area contributed by atoms with Crippen molar-refractivity contribution in [1.82, 2.24) is 0 Å². The Morgan fingerprint density at radius 2 is 1.39 bits per heavy atom. The predicted molar refractivity (Wildman–Crippen MR) is 127 cm³/mol. The van der Waals surface area contributed by atoms with E-state index in [1.165, 1.54) is 10.4 Å². The lowest BCUT2D eigenvalue weighted by Gasteiger charge is -2.44. The van der Waals surface area contributed by atoms with Gasteiger partial charge >= 0.3 is 0 Å². The molecule has 2 rings (SSSR count). The van der Waals surface area contributed by atoms with Crippen LogP contribution in [0.25, 0.3) is 0 Å². The van der Waals surface area contributed by atoms with Crippen LogP contribution in [0.2, 0.25) is 5.04 Å². The van der Waals surface area contributed by atoms with E-state index in [0.717, 1.165) is 0 Å². The van der Waals surface area contributed by atoms with Crippen molar-refractivity contribution in [3.8, 4) is 0 Å². The van der Waals surface area contributed by atoms with Crippen LogP contribution in [-0.2, 0) is 18.6 Å². The van der Waals surface area contributed by atoms with Crippen molar-refractivity contribution in [2.24, 2.45) is 5.92 Å². The van der Waals surface area contributed by atoms with E-state index >= 15 is 0 Å². The summed E-state index contributed by atoms with van der Waals surface area (Å²) in [5.41, 5.74) is 0. The van der Waals surface area contributed by atoms with Gasteiger partial charge in [0.25, 0.3) is 8.32 Å². The summed E-state index contributed by atoms with van der Waals surface area (Å²) in [5, 5.41) is 12.7. The Kier molecular flexibility index (Phi) is 10.4. The quantitative estimate of drug-likeness (QED) is 0.291. The number of aliphatic hydroxyl groups is 1. The molecule has 0 unspecified atom stereocenters. The van der Waals surface area contributed by atoms with E-state index in [0.29, 0.717) is 26.4 Å². The third kappa shape index (κ3) is 6.97. The SMILES string of the molecule is COCCOCOC[C@@H](CO[Si](c1ccccc1)(c1ccccc1)C(C)(C)C)[C@H](C)O. The molecule has 2 aromatic rings. The normalized spacial score (nSPS) is 14.4. The van der Waals surface area contributed by atoms with Crippen molar-refractivity contribution >= 4 is 18.7 Å². The third-order valence-electron chi connectivity index (χ3n) is 5.54. The molecule has 0 fully saturated rings. The third-order valence-corrected chi connectivity index (χ3v) is 10.5. The Labute approximate surface area is 188 Å². The minimum atomic E-state index is -2.64. The van der Waals surface area contributed by atoms with E-state index in [-0.39, 0.29) is 17.7 Å². The lowest BCUT2D eigenvalue weighted by atomic mass is 10.1. The number of hydrogen-bond acceptors (Lipinski definition) is 5. The summed E-state index contributed by atoms with van der Waals surface area (Å²) in [4.78, 5) is 0. The Bertz CT molecular complexity index is 691. The molecule has 0 bridgehead atoms. The van der Waals surface area contributed by atoms with Gasteiger partial charge in [-0.15, -0.1) is 0 Å². The molecule has 0 radical (unpaired) electrons. The Balaban J connectivity index is 2.24. The molecule has 0 aromatic heterocycles. The average Bonchev–Trinajstić information content (AvgIpc) is 2.75. The molecule has 0 aliphatic carbocycles. The van der Waals surface area contributed by atoms with E-state index in [1.54, 1.807) is 14.0 Å². The fourth-order valence-electron chi connectivity index (χ4n) is 3.78. The zero-order valence-corrected chi connectivity index (χ0v) is 20.5. The molecule has 6 heteroatoms. The summed E-state index contributed by atoms with van der Waals surface area (Å²) < 4.78 is 22.9. The number of rotatable bonds is 13. The van der Waals surface area contributed by atoms with Crippen LogP contribution in [0.1, 0.15) is 27.7 Å². The Morgan fingerprint density at radius 3 is 1.84 bits per heavy atom. The highest BCUT2D eigenvalue weighted by Gasteiger charge is 2.50. The summed E-state index contributed by atoms with van der Waals surface area (Å²) in [6.07, 6.45) is -0.558. The van der Waals surface area contributed by atoms with Gasteiger partial charge in [-0.3, -0.25) is 0 Å². The van der Waals surface area contributed by atoms with Gasteiger partial charge in [0.2, 0.25) is 0 Å². The number of aliphatic hydroxyl groups excluding tert-OH is 1. The van der Waals surface area contributed by atoms with Gasteiger partial charge in [-0.2, -0.15) is 0 Å². The van der Waals surface area contributed by atoms with Crippen LogP contribution in [0.4, 0.5) is 0 Å². The molecular formula is C25H38O5Si. The maximum absolute atomic E-state index is 10.4. The van der Waals surface area contributed by atoms with Gasteiger partial charge in [-0.05, 0) is 22.3 Å². The summed E-state index contributed by atoms with van der Waals surface area (Å²) in [6.45, 7) is 10.5. The maximum atomic E-state index is 10.4. The molecule has 0 saturated heterocycles. The second-order valence-electron chi connectivity index (χ2n) is 8.86. The molecule has 0 aliphatic rings. The number of methoxy groups -OCH3 is 1. The van der Waals surface area contributed by atoms with Crippen LogP contribution in [0.5, 0.6) is 0 Å². The van der Waals surface area contributed by atoms with Crippen LogP contribution >= 0.6 is 0 Å². The van der Waals surface area contributed by atoms with Crippen molar-refractivity contribution < 1.29 is 23.7 Å². The summed E-state index contributed by atoms with van der Waals surface area (Å²) >= 11 is 0. The first-order chi connectivity index (χ1) is 14.8. The maximum Gasteiger partial charge on any atom is 0.261 e. The number of hydrogen-bond donors (Lipinski definition) is 1. The van der Waals surface area contributed by atoms with Crippen LogP contribution in [0.3, 0.4) is 0 Å². The van der Waals surface area contributed by atoms with Crippen molar-refractivity contribution in [2.75, 3.05) is 40.3 Å². The summed E-state index contributed by atoms with van der Waals surface area (Å²) in [6, 6.07) is 21.0. The van der Waals surface area contributed by atoms with Gasteiger partial charge in [0.15, 0.2) is 0 Å². The van der Waals surface area contributed by atoms with Crippen LogP contribution < -0.4 is 10.4 Å². The lowest BCUT2D eigenvalue weighted by molar-refractivity contribution is -0.0892. The first kappa shape index (κ1) is 25.7. The van der Waals surface area contributed by atoms with Crippen LogP contribution in [-0.4, -0.2) is 59.9 Å². The molecule has 0 spiro atoms. The van der Waals surface area contributed by atoms with E-state index in [1.807, 2.05) is 12.1 Å². The minimum Gasteiger partial charge on any atom is -0.407 e. The van der Waals surface area contributed by atoms with Crippen molar-refractivity contribution in [1.29, 1.82) is 0 Å². The molecule has 0 aliphatic heterocycles. The van der Waals surface area contributed by atoms with Gasteiger partial charge in [-0.1, -0.05) is 81.4 Å². The molecule has 0 amide bonds. The lowest BCUT2D eigenvalue weighted by Crippen LogP contribution is -2.67. The molecule has 0 saturated carbocycles. The van der Waals surface area contributed by atoms with Gasteiger partial charge in [0.05, 0.1) is 25.9 Å². The second-order valence-corrected chi connectivity index (χ2v) is 13.2. The molecule has 5 nitrogen and oxygen atoms in total. The molecule has 1 N–H and O–H groups in total. The van der Waals surface area contributed by atoms with E-state index < -0.39 is 14.4 Å². The van der Waals surface area contributed by atoms with Gasteiger partial charge in [-0.25, -0.2) is 0 Å².